The number of aryl methyl sites for hydroxylation is 1. The molecule has 8 atom stereocenters. The number of anilines is 3. The molecule has 8 unspecified atom stereocenters. The number of hydrogen-bond acceptors (Lipinski definition) is 16. The predicted octanol–water partition coefficient (Wildman–Crippen LogP) is -0.668. The Morgan fingerprint density at radius 2 is 2.04 bits per heavy atom. The number of benzene rings is 1. The Morgan fingerprint density at radius 1 is 1.26 bits per heavy atom. The molecule has 2 fully saturated rings. The van der Waals surface area contributed by atoms with Crippen LogP contribution >= 0.6 is 8.25 Å². The lowest BCUT2D eigenvalue weighted by Crippen LogP contribution is -2.45. The molecule has 3 aliphatic heterocycles. The summed E-state index contributed by atoms with van der Waals surface area (Å²) in [4.78, 5) is 67.2. The van der Waals surface area contributed by atoms with Crippen LogP contribution in [0.2, 0.25) is 0 Å². The minimum Gasteiger partial charge on any atom is -0.496 e. The maximum atomic E-state index is 13.2. The molecule has 47 heavy (non-hydrogen) atoms. The first kappa shape index (κ1) is 31.1. The highest BCUT2D eigenvalue weighted by Gasteiger charge is 2.55. The summed E-state index contributed by atoms with van der Waals surface area (Å²) in [6.45, 7) is -0.407. The number of rotatable bonds is 9. The van der Waals surface area contributed by atoms with Crippen molar-refractivity contribution in [2.75, 3.05) is 29.7 Å². The van der Waals surface area contributed by atoms with Crippen molar-refractivity contribution < 1.29 is 57.1 Å². The van der Waals surface area contributed by atoms with Crippen molar-refractivity contribution in [3.8, 4) is 11.5 Å². The topological polar surface area (TPSA) is 275 Å². The maximum absolute atomic E-state index is 13.2. The quantitative estimate of drug-likeness (QED) is 0.0931. The van der Waals surface area contributed by atoms with Gasteiger partial charge in [-0.25, -0.2) is 4.79 Å². The van der Waals surface area contributed by atoms with Crippen LogP contribution in [-0.2, 0) is 29.8 Å². The number of nitrogen functional groups attached to an aromatic ring is 1. The summed E-state index contributed by atoms with van der Waals surface area (Å²) in [5.74, 6) is -1.54. The van der Waals surface area contributed by atoms with Gasteiger partial charge in [-0.15, -0.1) is 9.42 Å². The zero-order valence-corrected chi connectivity index (χ0v) is 25.2. The van der Waals surface area contributed by atoms with Crippen molar-refractivity contribution in [3.05, 3.63) is 43.5 Å². The molecule has 2 saturated heterocycles. The number of carbonyl (C=O) groups excluding carboxylic acids is 2. The number of hydrogen-bond donors (Lipinski definition) is 6. The van der Waals surface area contributed by atoms with Crippen molar-refractivity contribution in [3.63, 3.8) is 0 Å². The average molecular weight is 677 g/mol. The lowest BCUT2D eigenvalue weighted by molar-refractivity contribution is -0.114. The van der Waals surface area contributed by atoms with Crippen LogP contribution in [0.25, 0.3) is 11.0 Å². The number of carbonyl (C=O) groups is 2. The Morgan fingerprint density at radius 3 is 2.77 bits per heavy atom. The Bertz CT molecular complexity index is 1950. The summed E-state index contributed by atoms with van der Waals surface area (Å²) < 4.78 is 44.3. The Labute approximate surface area is 263 Å². The lowest BCUT2D eigenvalue weighted by atomic mass is 9.91. The van der Waals surface area contributed by atoms with E-state index in [0.717, 1.165) is 4.90 Å². The second kappa shape index (κ2) is 11.6. The molecule has 1 aliphatic carbocycles. The van der Waals surface area contributed by atoms with E-state index >= 15 is 0 Å². The summed E-state index contributed by atoms with van der Waals surface area (Å²) in [6, 6.07) is 1.53. The van der Waals surface area contributed by atoms with Crippen LogP contribution in [0.1, 0.15) is 40.2 Å². The molecule has 1 amide bonds. The molecule has 7 N–H and O–H groups in total. The number of ketones is 1. The van der Waals surface area contributed by atoms with Gasteiger partial charge in [0.2, 0.25) is 18.6 Å². The van der Waals surface area contributed by atoms with Crippen LogP contribution in [0.15, 0.2) is 20.1 Å². The van der Waals surface area contributed by atoms with Crippen LogP contribution in [0.4, 0.5) is 17.5 Å². The van der Waals surface area contributed by atoms with Crippen molar-refractivity contribution in [2.45, 2.75) is 62.2 Å². The number of amides is 1. The van der Waals surface area contributed by atoms with E-state index < -0.39 is 74.7 Å². The lowest BCUT2D eigenvalue weighted by Gasteiger charge is -2.29. The minimum absolute atomic E-state index is 0.0295. The normalized spacial score (nSPS) is 27.7. The van der Waals surface area contributed by atoms with E-state index in [-0.39, 0.29) is 71.4 Å². The third-order valence-electron chi connectivity index (χ3n) is 8.58. The standard InChI is InChI=1S/C27H26N5O14P/c1-41-11-5-12-17(21-16(11)8-2-3-9(34)15(8)25(38)45-21)18-20(36)24(46-26(18)44-12)32(7-33)19-22(30-27(28)31-23(19)37)29-14-4-10(35)13(43-14)6-42-47(39)40/h5,7,10,13-14,18,20,24,26,35-36H,2-4,6H2,1H3,(H4-,28,29,30,31,37,39,40)/p+1. The van der Waals surface area contributed by atoms with Gasteiger partial charge in [0.05, 0.1) is 30.1 Å². The van der Waals surface area contributed by atoms with Crippen molar-refractivity contribution in [1.82, 2.24) is 9.97 Å². The minimum atomic E-state index is -2.94. The van der Waals surface area contributed by atoms with Crippen molar-refractivity contribution in [1.29, 1.82) is 0 Å². The Hall–Kier alpha value is -4.49. The molecular weight excluding hydrogens is 649 g/mol. The molecule has 2 aromatic heterocycles. The molecule has 4 aliphatic rings. The second-order valence-electron chi connectivity index (χ2n) is 11.2. The number of aliphatic hydroxyl groups is 2. The molecule has 19 nitrogen and oxygen atoms in total. The summed E-state index contributed by atoms with van der Waals surface area (Å²) in [7, 11) is -1.54. The number of aromatic amines is 1. The molecule has 3 aromatic rings. The largest absolute Gasteiger partial charge is 0.694 e. The number of methoxy groups -OCH3 is 1. The van der Waals surface area contributed by atoms with E-state index in [1.807, 2.05) is 0 Å². The van der Waals surface area contributed by atoms with Gasteiger partial charge in [0.25, 0.3) is 5.56 Å². The summed E-state index contributed by atoms with van der Waals surface area (Å²) in [5.41, 5.74) is 4.27. The molecule has 1 aromatic carbocycles. The van der Waals surface area contributed by atoms with E-state index in [4.69, 9.17) is 34.0 Å². The molecule has 248 valence electrons. The monoisotopic (exact) mass is 676 g/mol. The van der Waals surface area contributed by atoms with Gasteiger partial charge >= 0.3 is 13.9 Å². The van der Waals surface area contributed by atoms with Crippen LogP contribution < -0.4 is 36.6 Å². The predicted molar refractivity (Wildman–Crippen MR) is 156 cm³/mol. The van der Waals surface area contributed by atoms with Crippen LogP contribution in [0, 0.1) is 0 Å². The van der Waals surface area contributed by atoms with Crippen molar-refractivity contribution in [2.24, 2.45) is 0 Å². The SMILES string of the molecule is COc1cc2c(c3oc(=O)c4c(c13)CCC4=O)C1C(O2)OC(N(C=O)c2c(NC3CC(O)C(CO[P+](=O)O)O3)nc(N)[nH]c2=O)C1O. The van der Waals surface area contributed by atoms with E-state index in [2.05, 4.69) is 19.8 Å². The summed E-state index contributed by atoms with van der Waals surface area (Å²) >= 11 is 0. The van der Waals surface area contributed by atoms with Crippen molar-refractivity contribution >= 4 is 48.9 Å². The van der Waals surface area contributed by atoms with E-state index in [9.17, 15) is 34.0 Å². The van der Waals surface area contributed by atoms with Crippen LogP contribution in [0.3, 0.4) is 0 Å². The first-order valence-corrected chi connectivity index (χ1v) is 15.4. The van der Waals surface area contributed by atoms with Gasteiger partial charge in [-0.3, -0.25) is 24.3 Å². The van der Waals surface area contributed by atoms with Gasteiger partial charge in [0, 0.05) is 23.5 Å². The number of ether oxygens (including phenoxy) is 4. The highest BCUT2D eigenvalue weighted by atomic mass is 31.1. The first-order valence-electron chi connectivity index (χ1n) is 14.3. The number of fused-ring (bicyclic) bond motifs is 7. The Balaban J connectivity index is 1.23. The molecule has 5 heterocycles. The number of nitrogens with one attached hydrogen (secondary N) is 2. The van der Waals surface area contributed by atoms with Gasteiger partial charge in [0.15, 0.2) is 23.5 Å². The number of nitrogens with two attached hydrogens (primary N) is 1. The first-order chi connectivity index (χ1) is 22.5. The number of H-pyrrole nitrogens is 1. The number of aromatic nitrogens is 2. The second-order valence-corrected chi connectivity index (χ2v) is 11.9. The average Bonchev–Trinajstić information content (AvgIpc) is 3.76. The Kier molecular flexibility index (Phi) is 7.71. The molecule has 7 rings (SSSR count). The number of Topliss-reactive ketones (excluding diaryl/α,β-unsaturated/α-hetero) is 1. The fourth-order valence-electron chi connectivity index (χ4n) is 6.61. The van der Waals surface area contributed by atoms with E-state index in [1.54, 1.807) is 0 Å². The van der Waals surface area contributed by atoms with Crippen LogP contribution in [-0.4, -0.2) is 88.0 Å². The van der Waals surface area contributed by atoms with Gasteiger partial charge in [-0.1, -0.05) is 0 Å². The molecule has 20 heteroatoms. The van der Waals surface area contributed by atoms with Gasteiger partial charge in [0.1, 0.15) is 47.7 Å². The third kappa shape index (κ3) is 5.03. The fourth-order valence-corrected chi connectivity index (χ4v) is 6.89. The smallest absolute Gasteiger partial charge is 0.496 e. The molecule has 0 bridgehead atoms. The molecule has 0 saturated carbocycles. The highest BCUT2D eigenvalue weighted by Crippen LogP contribution is 2.53. The van der Waals surface area contributed by atoms with Gasteiger partial charge < -0.3 is 44.6 Å². The maximum Gasteiger partial charge on any atom is 0.694 e. The fraction of sp³-hybridized carbons (Fsp3) is 0.444. The summed E-state index contributed by atoms with van der Waals surface area (Å²) in [5, 5.41) is 25.1. The van der Waals surface area contributed by atoms with Crippen LogP contribution in [0.5, 0.6) is 11.5 Å². The number of nitrogens with zero attached hydrogens (tertiary/aromatic N) is 2. The van der Waals surface area contributed by atoms with E-state index in [0.29, 0.717) is 10.9 Å². The molecule has 0 spiro atoms. The zero-order valence-electron chi connectivity index (χ0n) is 24.3. The number of aliphatic hydroxyl groups excluding tert-OH is 2. The third-order valence-corrected chi connectivity index (χ3v) is 8.95. The van der Waals surface area contributed by atoms with E-state index in [1.165, 1.54) is 13.2 Å². The highest BCUT2D eigenvalue weighted by molar-refractivity contribution is 7.32. The molecule has 0 radical (unpaired) electrons. The van der Waals surface area contributed by atoms with Gasteiger partial charge in [-0.2, -0.15) is 4.98 Å². The summed E-state index contributed by atoms with van der Waals surface area (Å²) in [6.07, 6.45) is -6.92. The van der Waals surface area contributed by atoms with Gasteiger partial charge in [-0.05, 0) is 12.0 Å². The zero-order chi connectivity index (χ0) is 33.3. The molecular formula is C27H27N5O14P+.